The largest absolute Gasteiger partial charge is 0.392 e. The summed E-state index contributed by atoms with van der Waals surface area (Å²) < 4.78 is 0. The van der Waals surface area contributed by atoms with Crippen molar-refractivity contribution in [3.8, 4) is 16.6 Å². The van der Waals surface area contributed by atoms with Crippen LogP contribution in [0.4, 0.5) is 11.5 Å². The molecule has 35 heavy (non-hydrogen) atoms. The van der Waals surface area contributed by atoms with Gasteiger partial charge in [0.15, 0.2) is 0 Å². The molecule has 11 heteroatoms. The number of nitrogens with zero attached hydrogens (tertiary/aromatic N) is 5. The number of nitriles is 1. The number of halogens is 1. The van der Waals surface area contributed by atoms with Gasteiger partial charge in [-0.25, -0.2) is 14.8 Å². The third-order valence-corrected chi connectivity index (χ3v) is 8.02. The van der Waals surface area contributed by atoms with Gasteiger partial charge in [-0.2, -0.15) is 5.26 Å². The smallest absolute Gasteiger partial charge is 0.248 e. The summed E-state index contributed by atoms with van der Waals surface area (Å²) >= 11 is 8.86. The highest BCUT2D eigenvalue weighted by Gasteiger charge is 2.30. The Labute approximate surface area is 216 Å². The number of aliphatic hydroxyl groups is 1. The van der Waals surface area contributed by atoms with Crippen LogP contribution in [-0.4, -0.2) is 45.6 Å². The Hall–Kier alpha value is -3.15. The van der Waals surface area contributed by atoms with Crippen molar-refractivity contribution in [2.45, 2.75) is 29.5 Å². The van der Waals surface area contributed by atoms with Crippen molar-refractivity contribution in [1.29, 1.82) is 5.26 Å². The fraction of sp³-hybridized carbons (Fsp3) is 0.292. The number of rotatable bonds is 6. The Kier molecular flexibility index (Phi) is 7.89. The Morgan fingerprint density at radius 1 is 1.34 bits per heavy atom. The fourth-order valence-electron chi connectivity index (χ4n) is 4.08. The number of carbonyl (C=O) groups is 1. The van der Waals surface area contributed by atoms with E-state index in [0.717, 1.165) is 16.3 Å². The molecule has 0 saturated carbocycles. The van der Waals surface area contributed by atoms with E-state index in [0.29, 0.717) is 52.9 Å². The summed E-state index contributed by atoms with van der Waals surface area (Å²) in [5.41, 5.74) is 9.14. The number of anilines is 1. The predicted molar refractivity (Wildman–Crippen MR) is 137 cm³/mol. The van der Waals surface area contributed by atoms with E-state index in [1.54, 1.807) is 4.90 Å². The molecule has 1 fully saturated rings. The maximum absolute atomic E-state index is 11.8. The normalized spacial score (nSPS) is 13.9. The minimum absolute atomic E-state index is 0.100. The van der Waals surface area contributed by atoms with Gasteiger partial charge in [0.05, 0.1) is 17.8 Å². The number of benzene rings is 1. The number of hydrogen-bond acceptors (Lipinski definition) is 8. The van der Waals surface area contributed by atoms with E-state index in [2.05, 4.69) is 20.9 Å². The number of nitrogens with two attached hydrogens (primary N) is 1. The van der Waals surface area contributed by atoms with E-state index in [-0.39, 0.29) is 23.3 Å². The monoisotopic (exact) mass is 524 g/mol. The molecule has 3 heterocycles. The molecule has 2 aromatic heterocycles. The molecule has 178 valence electrons. The molecule has 1 aliphatic rings. The zero-order valence-corrected chi connectivity index (χ0v) is 21.0. The number of thioether (sulfide) groups is 1. The molecule has 1 amide bonds. The molecular weight excluding hydrogens is 504 g/mol. The molecule has 0 spiro atoms. The second-order valence-electron chi connectivity index (χ2n) is 7.92. The van der Waals surface area contributed by atoms with Crippen LogP contribution >= 0.6 is 34.7 Å². The average molecular weight is 525 g/mol. The third-order valence-electron chi connectivity index (χ3n) is 5.82. The van der Waals surface area contributed by atoms with Crippen LogP contribution in [0.25, 0.3) is 15.4 Å². The minimum Gasteiger partial charge on any atom is -0.392 e. The van der Waals surface area contributed by atoms with Crippen LogP contribution in [0.15, 0.2) is 34.7 Å². The van der Waals surface area contributed by atoms with Gasteiger partial charge < -0.3 is 15.7 Å². The highest BCUT2D eigenvalue weighted by molar-refractivity contribution is 7.98. The Morgan fingerprint density at radius 3 is 2.69 bits per heavy atom. The Bertz CT molecular complexity index is 1320. The molecule has 0 unspecified atom stereocenters. The second kappa shape index (κ2) is 11.1. The number of aromatic nitrogens is 2. The first-order valence-electron chi connectivity index (χ1n) is 10.8. The Morgan fingerprint density at radius 2 is 2.06 bits per heavy atom. The van der Waals surface area contributed by atoms with Gasteiger partial charge in [-0.1, -0.05) is 35.5 Å². The zero-order valence-electron chi connectivity index (χ0n) is 18.6. The van der Waals surface area contributed by atoms with Crippen molar-refractivity contribution in [2.75, 3.05) is 25.4 Å². The fourth-order valence-corrected chi connectivity index (χ4v) is 6.03. The molecule has 8 nitrogen and oxygen atoms in total. The van der Waals surface area contributed by atoms with Gasteiger partial charge >= 0.3 is 0 Å². The quantitative estimate of drug-likeness (QED) is 0.349. The molecule has 4 rings (SSSR count). The van der Waals surface area contributed by atoms with E-state index < -0.39 is 6.61 Å². The summed E-state index contributed by atoms with van der Waals surface area (Å²) in [7, 11) is 0. The highest BCUT2D eigenvalue weighted by Crippen LogP contribution is 2.43. The van der Waals surface area contributed by atoms with Gasteiger partial charge in [-0.3, -0.25) is 4.79 Å². The lowest BCUT2D eigenvalue weighted by molar-refractivity contribution is -0.135. The van der Waals surface area contributed by atoms with Crippen LogP contribution in [-0.2, 0) is 10.5 Å². The van der Waals surface area contributed by atoms with E-state index in [4.69, 9.17) is 29.0 Å². The van der Waals surface area contributed by atoms with Crippen molar-refractivity contribution in [1.82, 2.24) is 14.9 Å². The van der Waals surface area contributed by atoms with Crippen LogP contribution in [0, 0.1) is 17.9 Å². The van der Waals surface area contributed by atoms with Gasteiger partial charge in [-0.15, -0.1) is 11.3 Å². The van der Waals surface area contributed by atoms with Gasteiger partial charge in [-0.05, 0) is 36.5 Å². The summed E-state index contributed by atoms with van der Waals surface area (Å²) in [6.45, 7) is 8.00. The van der Waals surface area contributed by atoms with E-state index in [1.807, 2.05) is 29.6 Å². The molecule has 1 saturated heterocycles. The van der Waals surface area contributed by atoms with Crippen LogP contribution in [0.2, 0.25) is 5.02 Å². The first-order valence-corrected chi connectivity index (χ1v) is 13.0. The van der Waals surface area contributed by atoms with Crippen molar-refractivity contribution >= 4 is 52.1 Å². The number of amides is 1. The van der Waals surface area contributed by atoms with Crippen molar-refractivity contribution < 1.29 is 9.90 Å². The summed E-state index contributed by atoms with van der Waals surface area (Å²) in [4.78, 5) is 26.1. The topological polar surface area (TPSA) is 120 Å². The van der Waals surface area contributed by atoms with E-state index >= 15 is 0 Å². The Balaban J connectivity index is 1.57. The summed E-state index contributed by atoms with van der Waals surface area (Å²) in [6.07, 6.45) is 1.15. The lowest BCUT2D eigenvalue weighted by atomic mass is 9.86. The van der Waals surface area contributed by atoms with Crippen molar-refractivity contribution in [3.63, 3.8) is 0 Å². The van der Waals surface area contributed by atoms with Gasteiger partial charge in [0.2, 0.25) is 11.6 Å². The van der Waals surface area contributed by atoms with Gasteiger partial charge in [0.1, 0.15) is 28.5 Å². The molecule has 0 radical (unpaired) electrons. The lowest BCUT2D eigenvalue weighted by Crippen LogP contribution is -2.39. The number of carbonyl (C=O) groups excluding carboxylic acids is 1. The van der Waals surface area contributed by atoms with Crippen LogP contribution in [0.1, 0.15) is 35.6 Å². The zero-order chi connectivity index (χ0) is 24.9. The molecule has 3 N–H and O–H groups in total. The standard InChI is InChI=1S/C24H21ClN6O2S2/c1-28-21-20(14-6-8-31(9-7-14)19(33)11-32)18(10-26)24(30-22(21)27)35-13-17-12-34-23(29-17)15-2-4-16(25)5-3-15/h2-5,12,14,32H,6-9,11,13H2,(H2,27,30). The maximum atomic E-state index is 11.8. The number of thiazole rings is 1. The highest BCUT2D eigenvalue weighted by atomic mass is 35.5. The maximum Gasteiger partial charge on any atom is 0.248 e. The van der Waals surface area contributed by atoms with Crippen molar-refractivity contribution in [2.24, 2.45) is 0 Å². The van der Waals surface area contributed by atoms with Crippen LogP contribution in [0.5, 0.6) is 0 Å². The lowest BCUT2D eigenvalue weighted by Gasteiger charge is -2.33. The molecule has 1 aliphatic heterocycles. The average Bonchev–Trinajstić information content (AvgIpc) is 3.36. The molecule has 0 bridgehead atoms. The molecule has 3 aromatic rings. The first-order chi connectivity index (χ1) is 16.9. The molecule has 0 atom stereocenters. The summed E-state index contributed by atoms with van der Waals surface area (Å²) in [5, 5.41) is 23.1. The van der Waals surface area contributed by atoms with Crippen LogP contribution in [0.3, 0.4) is 0 Å². The number of pyridine rings is 1. The summed E-state index contributed by atoms with van der Waals surface area (Å²) in [6, 6.07) is 9.73. The number of nitrogen functional groups attached to an aromatic ring is 1. The van der Waals surface area contributed by atoms with E-state index in [1.165, 1.54) is 23.1 Å². The van der Waals surface area contributed by atoms with Gasteiger partial charge in [0, 0.05) is 34.8 Å². The first kappa shape index (κ1) is 25.0. The predicted octanol–water partition coefficient (Wildman–Crippen LogP) is 4.85. The second-order valence-corrected chi connectivity index (χ2v) is 10.2. The summed E-state index contributed by atoms with van der Waals surface area (Å²) in [5.74, 6) is 0.175. The number of piperidine rings is 1. The third kappa shape index (κ3) is 5.42. The molecule has 0 aliphatic carbocycles. The van der Waals surface area contributed by atoms with Crippen LogP contribution < -0.4 is 5.73 Å². The van der Waals surface area contributed by atoms with E-state index in [9.17, 15) is 10.1 Å². The molecular formula is C24H21ClN6O2S2. The number of likely N-dealkylation sites (tertiary alicyclic amines) is 1. The number of aliphatic hydroxyl groups excluding tert-OH is 1. The molecule has 1 aromatic carbocycles. The van der Waals surface area contributed by atoms with Gasteiger partial charge in [0.25, 0.3) is 0 Å². The van der Waals surface area contributed by atoms with Crippen molar-refractivity contribution in [3.05, 3.63) is 62.9 Å². The number of hydrogen-bond donors (Lipinski definition) is 2. The SMILES string of the molecule is [C-]#[N+]c1c(N)nc(SCc2csc(-c3ccc(Cl)cc3)n2)c(C#N)c1C1CCN(C(=O)CO)CC1. The minimum atomic E-state index is -0.527.